The van der Waals surface area contributed by atoms with Crippen LogP contribution in [0.5, 0.6) is 0 Å². The number of unbranched alkanes of at least 4 members (excludes halogenated alkanes) is 1. The number of benzene rings is 1. The largest absolute Gasteiger partial charge is 0.386 e. The maximum absolute atomic E-state index is 12.1. The molecule has 2 aromatic rings. The average Bonchev–Trinajstić information content (AvgIpc) is 3.10. The molecule has 0 radical (unpaired) electrons. The Hall–Kier alpha value is -1.63. The third-order valence-corrected chi connectivity index (χ3v) is 6.20. The minimum absolute atomic E-state index is 0.183. The van der Waals surface area contributed by atoms with Gasteiger partial charge >= 0.3 is 6.03 Å². The number of hydrogen-bond acceptors (Lipinski definition) is 4. The molecule has 0 spiro atoms. The number of aliphatic hydroxyl groups excluding tert-OH is 1. The standard InChI is InChI=1S/C20H29N3O2S/c1-2-3-10-23-11-8-16(9-12-23)22-20(25)21-14-17(24)19-13-15-6-4-5-7-18(15)26-19/h4-7,13,16-17,24H,2-3,8-12,14H2,1H3,(H2,21,22,25). The lowest BCUT2D eigenvalue weighted by Gasteiger charge is -2.32. The number of hydrogen-bond donors (Lipinski definition) is 3. The molecule has 1 atom stereocenters. The molecule has 1 unspecified atom stereocenters. The molecule has 1 aliphatic rings. The van der Waals surface area contributed by atoms with E-state index in [1.54, 1.807) is 11.3 Å². The minimum atomic E-state index is -0.672. The van der Waals surface area contributed by atoms with Crippen molar-refractivity contribution in [3.63, 3.8) is 0 Å². The molecule has 2 amide bonds. The van der Waals surface area contributed by atoms with Crippen molar-refractivity contribution < 1.29 is 9.90 Å². The second-order valence-electron chi connectivity index (χ2n) is 7.03. The van der Waals surface area contributed by atoms with E-state index >= 15 is 0 Å². The van der Waals surface area contributed by atoms with Gasteiger partial charge in [-0.2, -0.15) is 0 Å². The van der Waals surface area contributed by atoms with Crippen molar-refractivity contribution in [3.8, 4) is 0 Å². The summed E-state index contributed by atoms with van der Waals surface area (Å²) in [7, 11) is 0. The molecule has 2 heterocycles. The zero-order chi connectivity index (χ0) is 18.4. The number of rotatable bonds is 7. The Morgan fingerprint density at radius 2 is 2.12 bits per heavy atom. The van der Waals surface area contributed by atoms with E-state index in [1.165, 1.54) is 12.8 Å². The molecule has 5 nitrogen and oxygen atoms in total. The van der Waals surface area contributed by atoms with Crippen LogP contribution in [0.3, 0.4) is 0 Å². The van der Waals surface area contributed by atoms with Crippen molar-refractivity contribution in [1.82, 2.24) is 15.5 Å². The lowest BCUT2D eigenvalue weighted by Crippen LogP contribution is -2.48. The number of thiophene rings is 1. The molecule has 1 fully saturated rings. The van der Waals surface area contributed by atoms with Crippen molar-refractivity contribution in [2.24, 2.45) is 0 Å². The van der Waals surface area contributed by atoms with Gasteiger partial charge in [0.1, 0.15) is 6.10 Å². The number of amides is 2. The van der Waals surface area contributed by atoms with Gasteiger partial charge in [-0.25, -0.2) is 4.79 Å². The third-order valence-electron chi connectivity index (χ3n) is 4.98. The topological polar surface area (TPSA) is 64.6 Å². The van der Waals surface area contributed by atoms with E-state index in [2.05, 4.69) is 22.5 Å². The van der Waals surface area contributed by atoms with Gasteiger partial charge in [-0.1, -0.05) is 31.5 Å². The van der Waals surface area contributed by atoms with Crippen LogP contribution in [0.25, 0.3) is 10.1 Å². The van der Waals surface area contributed by atoms with E-state index in [1.807, 2.05) is 30.3 Å². The summed E-state index contributed by atoms with van der Waals surface area (Å²) in [6.07, 6.45) is 3.79. The molecule has 0 aliphatic carbocycles. The maximum Gasteiger partial charge on any atom is 0.315 e. The molecule has 1 saturated heterocycles. The Morgan fingerprint density at radius 3 is 2.85 bits per heavy atom. The van der Waals surface area contributed by atoms with Gasteiger partial charge in [0.2, 0.25) is 0 Å². The first kappa shape index (κ1) is 19.1. The number of aliphatic hydroxyl groups is 1. The van der Waals surface area contributed by atoms with Crippen LogP contribution in [0.1, 0.15) is 43.6 Å². The van der Waals surface area contributed by atoms with Gasteiger partial charge in [-0.3, -0.25) is 0 Å². The summed E-state index contributed by atoms with van der Waals surface area (Å²) < 4.78 is 1.15. The van der Waals surface area contributed by atoms with Crippen LogP contribution in [0, 0.1) is 0 Å². The second kappa shape index (κ2) is 9.35. The van der Waals surface area contributed by atoms with Crippen LogP contribution in [0.2, 0.25) is 0 Å². The monoisotopic (exact) mass is 375 g/mol. The third kappa shape index (κ3) is 5.19. The second-order valence-corrected chi connectivity index (χ2v) is 8.14. The molecule has 0 bridgehead atoms. The summed E-state index contributed by atoms with van der Waals surface area (Å²) in [5.41, 5.74) is 0. The molecule has 1 aromatic heterocycles. The zero-order valence-electron chi connectivity index (χ0n) is 15.4. The molecule has 3 N–H and O–H groups in total. The van der Waals surface area contributed by atoms with E-state index in [0.717, 1.165) is 47.4 Å². The van der Waals surface area contributed by atoms with Crippen molar-refractivity contribution in [2.75, 3.05) is 26.2 Å². The SMILES string of the molecule is CCCCN1CCC(NC(=O)NCC(O)c2cc3ccccc3s2)CC1. The highest BCUT2D eigenvalue weighted by Gasteiger charge is 2.20. The summed E-state index contributed by atoms with van der Waals surface area (Å²) in [6, 6.07) is 10.1. The fourth-order valence-corrected chi connectivity index (χ4v) is 4.43. The van der Waals surface area contributed by atoms with Crippen molar-refractivity contribution in [1.29, 1.82) is 0 Å². The first-order valence-corrected chi connectivity index (χ1v) is 10.4. The van der Waals surface area contributed by atoms with Crippen LogP contribution < -0.4 is 10.6 Å². The van der Waals surface area contributed by atoms with E-state index in [9.17, 15) is 9.90 Å². The number of fused-ring (bicyclic) bond motifs is 1. The van der Waals surface area contributed by atoms with Gasteiger partial charge in [0.05, 0.1) is 6.54 Å². The van der Waals surface area contributed by atoms with Gasteiger partial charge in [-0.15, -0.1) is 11.3 Å². The highest BCUT2D eigenvalue weighted by Crippen LogP contribution is 2.29. The molecule has 1 aliphatic heterocycles. The first-order valence-electron chi connectivity index (χ1n) is 9.59. The summed E-state index contributed by atoms with van der Waals surface area (Å²) >= 11 is 1.57. The summed E-state index contributed by atoms with van der Waals surface area (Å²) in [4.78, 5) is 15.5. The Balaban J connectivity index is 1.40. The molecule has 142 valence electrons. The van der Waals surface area contributed by atoms with Gasteiger partial charge < -0.3 is 20.6 Å². The number of likely N-dealkylation sites (tertiary alicyclic amines) is 1. The highest BCUT2D eigenvalue weighted by molar-refractivity contribution is 7.19. The predicted octanol–water partition coefficient (Wildman–Crippen LogP) is 3.50. The van der Waals surface area contributed by atoms with Crippen molar-refractivity contribution in [2.45, 2.75) is 44.8 Å². The first-order chi connectivity index (χ1) is 12.7. The zero-order valence-corrected chi connectivity index (χ0v) is 16.2. The maximum atomic E-state index is 12.1. The number of carbonyl (C=O) groups is 1. The summed E-state index contributed by atoms with van der Waals surface area (Å²) in [5.74, 6) is 0. The smallest absolute Gasteiger partial charge is 0.315 e. The van der Waals surface area contributed by atoms with Crippen molar-refractivity contribution in [3.05, 3.63) is 35.2 Å². The van der Waals surface area contributed by atoms with Gasteiger partial charge in [0, 0.05) is 28.7 Å². The minimum Gasteiger partial charge on any atom is -0.386 e. The van der Waals surface area contributed by atoms with Crippen LogP contribution in [-0.2, 0) is 0 Å². The van der Waals surface area contributed by atoms with Crippen LogP contribution in [0.15, 0.2) is 30.3 Å². The Bertz CT molecular complexity index is 677. The van der Waals surface area contributed by atoms with Crippen LogP contribution in [-0.4, -0.2) is 48.3 Å². The van der Waals surface area contributed by atoms with Crippen LogP contribution in [0.4, 0.5) is 4.79 Å². The van der Waals surface area contributed by atoms with Gasteiger partial charge in [-0.05, 0) is 43.3 Å². The molecular weight excluding hydrogens is 346 g/mol. The number of carbonyl (C=O) groups excluding carboxylic acids is 1. The number of nitrogens with one attached hydrogen (secondary N) is 2. The molecule has 6 heteroatoms. The number of nitrogens with zero attached hydrogens (tertiary/aromatic N) is 1. The quantitative estimate of drug-likeness (QED) is 0.694. The number of urea groups is 1. The number of piperidine rings is 1. The van der Waals surface area contributed by atoms with Crippen LogP contribution >= 0.6 is 11.3 Å². The predicted molar refractivity (Wildman–Crippen MR) is 108 cm³/mol. The lowest BCUT2D eigenvalue weighted by molar-refractivity contribution is 0.170. The average molecular weight is 376 g/mol. The molecule has 3 rings (SSSR count). The van der Waals surface area contributed by atoms with E-state index < -0.39 is 6.10 Å². The fourth-order valence-electron chi connectivity index (χ4n) is 3.38. The Labute approximate surface area is 159 Å². The molecule has 0 saturated carbocycles. The normalized spacial score (nSPS) is 17.3. The van der Waals surface area contributed by atoms with Crippen molar-refractivity contribution >= 4 is 27.5 Å². The summed E-state index contributed by atoms with van der Waals surface area (Å²) in [6.45, 7) is 5.71. The fraction of sp³-hybridized carbons (Fsp3) is 0.550. The van der Waals surface area contributed by atoms with E-state index in [-0.39, 0.29) is 18.6 Å². The lowest BCUT2D eigenvalue weighted by atomic mass is 10.0. The van der Waals surface area contributed by atoms with E-state index in [4.69, 9.17) is 0 Å². The van der Waals surface area contributed by atoms with Gasteiger partial charge in [0.15, 0.2) is 0 Å². The molecule has 1 aromatic carbocycles. The van der Waals surface area contributed by atoms with Gasteiger partial charge in [0.25, 0.3) is 0 Å². The summed E-state index contributed by atoms with van der Waals surface area (Å²) in [5, 5.41) is 17.3. The van der Waals surface area contributed by atoms with E-state index in [0.29, 0.717) is 0 Å². The molecular formula is C20H29N3O2S. The Morgan fingerprint density at radius 1 is 1.35 bits per heavy atom. The highest BCUT2D eigenvalue weighted by atomic mass is 32.1. The molecule has 26 heavy (non-hydrogen) atoms. The Kier molecular flexibility index (Phi) is 6.88.